The van der Waals surface area contributed by atoms with Crippen molar-refractivity contribution in [1.29, 1.82) is 0 Å². The normalized spacial score (nSPS) is 13.2. The number of hydrogen-bond acceptors (Lipinski definition) is 5. The average Bonchev–Trinajstić information content (AvgIpc) is 2.58. The number of ether oxygens (including phenoxy) is 4. The van der Waals surface area contributed by atoms with Crippen molar-refractivity contribution in [3.8, 4) is 0 Å². The van der Waals surface area contributed by atoms with Crippen LogP contribution in [0.5, 0.6) is 0 Å². The molecule has 0 spiro atoms. The van der Waals surface area contributed by atoms with Gasteiger partial charge in [-0.2, -0.15) is 0 Å². The van der Waals surface area contributed by atoms with E-state index in [0.717, 1.165) is 13.0 Å². The Hall–Kier alpha value is -0.240. The smallest absolute Gasteiger partial charge is 0.209 e. The molecule has 0 aromatic heterocycles. The van der Waals surface area contributed by atoms with E-state index in [9.17, 15) is 0 Å². The fourth-order valence-corrected chi connectivity index (χ4v) is 2.62. The van der Waals surface area contributed by atoms with Crippen LogP contribution in [-0.2, 0) is 18.9 Å². The quantitative estimate of drug-likeness (QED) is 0.246. The van der Waals surface area contributed by atoms with Crippen LogP contribution in [0.1, 0.15) is 72.1 Å². The molecule has 4 N–H and O–H groups in total. The van der Waals surface area contributed by atoms with Gasteiger partial charge in [0.25, 0.3) is 0 Å². The molecule has 0 radical (unpaired) electrons. The molecule has 0 rings (SSSR count). The fourth-order valence-electron chi connectivity index (χ4n) is 2.62. The molecule has 0 saturated heterocycles. The summed E-state index contributed by atoms with van der Waals surface area (Å²) in [6.07, 6.45) is 9.87. The van der Waals surface area contributed by atoms with Gasteiger partial charge in [0.1, 0.15) is 6.61 Å². The molecule has 0 aliphatic carbocycles. The summed E-state index contributed by atoms with van der Waals surface area (Å²) in [6, 6.07) is 0. The summed E-state index contributed by atoms with van der Waals surface area (Å²) in [5.41, 5.74) is 3.91. The first kappa shape index (κ1) is 26.8. The van der Waals surface area contributed by atoms with Crippen molar-refractivity contribution in [3.05, 3.63) is 0 Å². The van der Waals surface area contributed by atoms with Crippen LogP contribution in [0, 0.1) is 5.41 Å². The first-order valence-electron chi connectivity index (χ1n) is 10.7. The molecular formula is C21H46NO5+. The summed E-state index contributed by atoms with van der Waals surface area (Å²) >= 11 is 0. The number of aliphatic hydroxyl groups is 1. The van der Waals surface area contributed by atoms with Gasteiger partial charge < -0.3 is 29.8 Å². The van der Waals surface area contributed by atoms with Crippen LogP contribution in [0.25, 0.3) is 0 Å². The highest BCUT2D eigenvalue weighted by molar-refractivity contribution is 4.61. The first-order chi connectivity index (χ1) is 12.9. The number of hydrogen-bond donors (Lipinski definition) is 2. The Labute approximate surface area is 167 Å². The second-order valence-electron chi connectivity index (χ2n) is 8.35. The maximum Gasteiger partial charge on any atom is 0.209 e. The van der Waals surface area contributed by atoms with E-state index < -0.39 is 6.23 Å². The monoisotopic (exact) mass is 392 g/mol. The maximum absolute atomic E-state index is 8.91. The lowest BCUT2D eigenvalue weighted by Gasteiger charge is -2.17. The molecule has 0 aliphatic heterocycles. The summed E-state index contributed by atoms with van der Waals surface area (Å²) in [5.74, 6) is 0. The van der Waals surface area contributed by atoms with E-state index in [2.05, 4.69) is 26.5 Å². The van der Waals surface area contributed by atoms with Crippen molar-refractivity contribution < 1.29 is 29.8 Å². The Kier molecular flexibility index (Phi) is 18.9. The van der Waals surface area contributed by atoms with Crippen molar-refractivity contribution in [1.82, 2.24) is 0 Å². The summed E-state index contributed by atoms with van der Waals surface area (Å²) in [7, 11) is 0. The zero-order valence-electron chi connectivity index (χ0n) is 18.2. The predicted octanol–water partition coefficient (Wildman–Crippen LogP) is 2.78. The number of unbranched alkanes of at least 4 members (excludes halogenated alkanes) is 6. The van der Waals surface area contributed by atoms with Gasteiger partial charge in [0.05, 0.1) is 39.6 Å². The Morgan fingerprint density at radius 2 is 1.04 bits per heavy atom. The van der Waals surface area contributed by atoms with Crippen LogP contribution in [0.2, 0.25) is 0 Å². The molecule has 0 aromatic carbocycles. The van der Waals surface area contributed by atoms with E-state index in [0.29, 0.717) is 45.1 Å². The Morgan fingerprint density at radius 1 is 0.630 bits per heavy atom. The van der Waals surface area contributed by atoms with Gasteiger partial charge in [-0.25, -0.2) is 0 Å². The third-order valence-corrected chi connectivity index (χ3v) is 4.14. The predicted molar refractivity (Wildman–Crippen MR) is 109 cm³/mol. The topological polar surface area (TPSA) is 84.8 Å². The lowest BCUT2D eigenvalue weighted by atomic mass is 9.89. The lowest BCUT2D eigenvalue weighted by Crippen LogP contribution is -2.63. The van der Waals surface area contributed by atoms with Gasteiger partial charge in [0, 0.05) is 6.61 Å². The minimum Gasteiger partial charge on any atom is -0.379 e. The van der Waals surface area contributed by atoms with Gasteiger partial charge in [-0.1, -0.05) is 59.3 Å². The second kappa shape index (κ2) is 19.1. The molecule has 0 heterocycles. The number of rotatable bonds is 20. The minimum absolute atomic E-state index is 0.245. The van der Waals surface area contributed by atoms with E-state index in [-0.39, 0.29) is 6.61 Å². The lowest BCUT2D eigenvalue weighted by molar-refractivity contribution is -0.488. The highest BCUT2D eigenvalue weighted by atomic mass is 16.6. The van der Waals surface area contributed by atoms with E-state index >= 15 is 0 Å². The third kappa shape index (κ3) is 25.8. The first-order valence-corrected chi connectivity index (χ1v) is 10.7. The van der Waals surface area contributed by atoms with Gasteiger partial charge in [-0.05, 0) is 18.3 Å². The van der Waals surface area contributed by atoms with E-state index in [1.54, 1.807) is 0 Å². The van der Waals surface area contributed by atoms with Crippen molar-refractivity contribution in [3.63, 3.8) is 0 Å². The zero-order valence-corrected chi connectivity index (χ0v) is 18.2. The average molecular weight is 393 g/mol. The summed E-state index contributed by atoms with van der Waals surface area (Å²) in [6.45, 7) is 11.4. The van der Waals surface area contributed by atoms with Gasteiger partial charge in [0.15, 0.2) is 0 Å². The van der Waals surface area contributed by atoms with Gasteiger partial charge in [-0.15, -0.1) is 0 Å². The summed E-state index contributed by atoms with van der Waals surface area (Å²) in [4.78, 5) is 0. The number of quaternary nitrogens is 1. The van der Waals surface area contributed by atoms with Crippen LogP contribution < -0.4 is 5.73 Å². The molecule has 0 fully saturated rings. The van der Waals surface area contributed by atoms with Gasteiger partial charge in [0.2, 0.25) is 6.23 Å². The molecule has 6 nitrogen and oxygen atoms in total. The van der Waals surface area contributed by atoms with Crippen LogP contribution in [-0.4, -0.2) is 64.2 Å². The highest BCUT2D eigenvalue weighted by Gasteiger charge is 2.08. The van der Waals surface area contributed by atoms with Crippen molar-refractivity contribution in [2.45, 2.75) is 78.4 Å². The van der Waals surface area contributed by atoms with Crippen molar-refractivity contribution >= 4 is 0 Å². The molecule has 164 valence electrons. The van der Waals surface area contributed by atoms with Crippen LogP contribution in [0.4, 0.5) is 0 Å². The van der Waals surface area contributed by atoms with Crippen molar-refractivity contribution in [2.75, 3.05) is 52.9 Å². The molecule has 6 heteroatoms. The molecule has 0 aliphatic rings. The van der Waals surface area contributed by atoms with E-state index in [4.69, 9.17) is 24.1 Å². The SMILES string of the molecule is CC(C)(C)CCCCCCCCCOCCOCCOCCOCC([NH3+])O. The molecular weight excluding hydrogens is 346 g/mol. The fraction of sp³-hybridized carbons (Fsp3) is 1.00. The Balaban J connectivity index is 3.03. The van der Waals surface area contributed by atoms with Gasteiger partial charge >= 0.3 is 0 Å². The zero-order chi connectivity index (χ0) is 20.2. The Morgan fingerprint density at radius 3 is 1.52 bits per heavy atom. The molecule has 0 bridgehead atoms. The van der Waals surface area contributed by atoms with Crippen molar-refractivity contribution in [2.24, 2.45) is 5.41 Å². The van der Waals surface area contributed by atoms with Crippen LogP contribution >= 0.6 is 0 Å². The van der Waals surface area contributed by atoms with Crippen LogP contribution in [0.3, 0.4) is 0 Å². The minimum atomic E-state index is -0.670. The van der Waals surface area contributed by atoms with Gasteiger partial charge in [-0.3, -0.25) is 0 Å². The molecule has 0 aromatic rings. The highest BCUT2D eigenvalue weighted by Crippen LogP contribution is 2.22. The molecule has 0 amide bonds. The maximum atomic E-state index is 8.91. The molecule has 0 saturated carbocycles. The summed E-state index contributed by atoms with van der Waals surface area (Å²) < 4.78 is 21.5. The largest absolute Gasteiger partial charge is 0.379 e. The van der Waals surface area contributed by atoms with E-state index in [1.807, 2.05) is 0 Å². The summed E-state index contributed by atoms with van der Waals surface area (Å²) in [5, 5.41) is 8.91. The molecule has 1 unspecified atom stereocenters. The molecule has 27 heavy (non-hydrogen) atoms. The standard InChI is InChI=1S/C21H45NO5/c1-21(2,3)11-9-7-5-4-6-8-10-12-24-13-14-25-15-16-26-17-18-27-19-20(22)23/h20,23H,4-19,22H2,1-3H3/p+1. The Bertz CT molecular complexity index is 295. The molecule has 1 atom stereocenters. The van der Waals surface area contributed by atoms with Crippen LogP contribution in [0.15, 0.2) is 0 Å². The second-order valence-corrected chi connectivity index (χ2v) is 8.35. The van der Waals surface area contributed by atoms with E-state index in [1.165, 1.54) is 44.9 Å². The third-order valence-electron chi connectivity index (χ3n) is 4.14. The number of aliphatic hydroxyl groups excluding tert-OH is 1.